The number of nitrogens with zero attached hydrogens (tertiary/aromatic N) is 1. The summed E-state index contributed by atoms with van der Waals surface area (Å²) in [5, 5.41) is 3.78. The molecule has 5 rings (SSSR count). The third-order valence-electron chi connectivity index (χ3n) is 7.36. The first kappa shape index (κ1) is 20.6. The van der Waals surface area contributed by atoms with Crippen molar-refractivity contribution in [2.75, 3.05) is 19.7 Å². The summed E-state index contributed by atoms with van der Waals surface area (Å²) in [4.78, 5) is 31.5. The zero-order valence-electron chi connectivity index (χ0n) is 18.8. The minimum absolute atomic E-state index is 0.0836. The molecule has 2 saturated heterocycles. The predicted octanol–water partition coefficient (Wildman–Crippen LogP) is 4.12. The number of ether oxygens (including phenoxy) is 1. The number of carbonyl (C=O) groups excluding carboxylic acids is 2. The molecule has 3 atom stereocenters. The highest BCUT2D eigenvalue weighted by atomic mass is 16.5. The highest BCUT2D eigenvalue weighted by molar-refractivity contribution is 6.09. The standard InChI is InChI=1S/C25H33N3O3/c1-24(2)10-17-11-25(3,14-24)15-28(17)23(30)16-6-7-21-19(9-16)20(13-26-21)22(29)27-12-18-5-4-8-31-18/h6-7,9,13,17-18,26H,4-5,8,10-12,14-15H2,1-3H3,(H,27,29). The molecule has 1 aliphatic carbocycles. The maximum absolute atomic E-state index is 13.5. The van der Waals surface area contributed by atoms with Crippen molar-refractivity contribution in [2.24, 2.45) is 10.8 Å². The Balaban J connectivity index is 1.36. The van der Waals surface area contributed by atoms with Gasteiger partial charge in [0.15, 0.2) is 0 Å². The number of likely N-dealkylation sites (tertiary alicyclic amines) is 1. The van der Waals surface area contributed by atoms with E-state index in [2.05, 4.69) is 36.0 Å². The van der Waals surface area contributed by atoms with E-state index in [0.717, 1.165) is 56.2 Å². The second-order valence-corrected chi connectivity index (χ2v) is 11.0. The van der Waals surface area contributed by atoms with E-state index >= 15 is 0 Å². The summed E-state index contributed by atoms with van der Waals surface area (Å²) in [7, 11) is 0. The Morgan fingerprint density at radius 1 is 1.26 bits per heavy atom. The fourth-order valence-corrected chi connectivity index (χ4v) is 6.41. The summed E-state index contributed by atoms with van der Waals surface area (Å²) in [6, 6.07) is 5.97. The van der Waals surface area contributed by atoms with Crippen molar-refractivity contribution >= 4 is 22.7 Å². The van der Waals surface area contributed by atoms with Crippen molar-refractivity contribution in [3.05, 3.63) is 35.5 Å². The zero-order valence-corrected chi connectivity index (χ0v) is 18.8. The summed E-state index contributed by atoms with van der Waals surface area (Å²) in [5.74, 6) is -0.0436. The van der Waals surface area contributed by atoms with Gasteiger partial charge >= 0.3 is 0 Å². The van der Waals surface area contributed by atoms with Crippen LogP contribution < -0.4 is 5.32 Å². The van der Waals surface area contributed by atoms with E-state index in [1.165, 1.54) is 0 Å². The maximum atomic E-state index is 13.5. The summed E-state index contributed by atoms with van der Waals surface area (Å²) >= 11 is 0. The van der Waals surface area contributed by atoms with Crippen molar-refractivity contribution in [2.45, 2.75) is 65.0 Å². The van der Waals surface area contributed by atoms with Crippen molar-refractivity contribution in [3.8, 4) is 0 Å². The molecule has 1 aromatic carbocycles. The summed E-state index contributed by atoms with van der Waals surface area (Å²) in [6.45, 7) is 9.07. The van der Waals surface area contributed by atoms with E-state index in [1.54, 1.807) is 6.20 Å². The van der Waals surface area contributed by atoms with Crippen LogP contribution in [0.5, 0.6) is 0 Å². The molecule has 3 unspecified atom stereocenters. The van der Waals surface area contributed by atoms with Crippen molar-refractivity contribution < 1.29 is 14.3 Å². The third kappa shape index (κ3) is 3.86. The molecule has 2 N–H and O–H groups in total. The first-order valence-electron chi connectivity index (χ1n) is 11.6. The fraction of sp³-hybridized carbons (Fsp3) is 0.600. The molecule has 2 amide bonds. The van der Waals surface area contributed by atoms with Crippen molar-refractivity contribution in [3.63, 3.8) is 0 Å². The third-order valence-corrected chi connectivity index (χ3v) is 7.36. The van der Waals surface area contributed by atoms with Gasteiger partial charge in [-0.3, -0.25) is 9.59 Å². The number of amides is 2. The molecule has 2 bridgehead atoms. The van der Waals surface area contributed by atoms with Crippen LogP contribution in [0.1, 0.15) is 73.6 Å². The highest BCUT2D eigenvalue weighted by Gasteiger charge is 2.51. The zero-order chi connectivity index (χ0) is 21.8. The molecule has 1 saturated carbocycles. The van der Waals surface area contributed by atoms with Gasteiger partial charge in [0.05, 0.1) is 11.7 Å². The first-order valence-corrected chi connectivity index (χ1v) is 11.6. The fourth-order valence-electron chi connectivity index (χ4n) is 6.41. The van der Waals surface area contributed by atoms with E-state index in [1.807, 2.05) is 18.2 Å². The molecule has 3 aliphatic rings. The smallest absolute Gasteiger partial charge is 0.254 e. The molecule has 3 heterocycles. The molecular formula is C25H33N3O3. The van der Waals surface area contributed by atoms with Crippen LogP contribution in [0, 0.1) is 10.8 Å². The van der Waals surface area contributed by atoms with Crippen LogP contribution in [0.4, 0.5) is 0 Å². The molecule has 166 valence electrons. The van der Waals surface area contributed by atoms with Gasteiger partial charge in [0.2, 0.25) is 0 Å². The Kier molecular flexibility index (Phi) is 4.88. The molecule has 0 radical (unpaired) electrons. The SMILES string of the molecule is CC1(C)CC2CC(C)(CN2C(=O)c2ccc3[nH]cc(C(=O)NCC4CCCO4)c3c2)C1. The first-order chi connectivity index (χ1) is 14.7. The Labute approximate surface area is 183 Å². The molecule has 6 heteroatoms. The summed E-state index contributed by atoms with van der Waals surface area (Å²) < 4.78 is 5.60. The van der Waals surface area contributed by atoms with Gasteiger partial charge in [-0.2, -0.15) is 0 Å². The van der Waals surface area contributed by atoms with Gasteiger partial charge in [0.25, 0.3) is 11.8 Å². The van der Waals surface area contributed by atoms with Crippen molar-refractivity contribution in [1.82, 2.24) is 15.2 Å². The lowest BCUT2D eigenvalue weighted by atomic mass is 9.65. The van der Waals surface area contributed by atoms with E-state index in [0.29, 0.717) is 23.7 Å². The lowest BCUT2D eigenvalue weighted by Gasteiger charge is -2.39. The second-order valence-electron chi connectivity index (χ2n) is 11.0. The minimum atomic E-state index is -0.127. The van der Waals surface area contributed by atoms with Gasteiger partial charge in [-0.05, 0) is 61.1 Å². The van der Waals surface area contributed by atoms with Gasteiger partial charge in [0.1, 0.15) is 0 Å². The molecule has 0 spiro atoms. The maximum Gasteiger partial charge on any atom is 0.254 e. The number of hydrogen-bond donors (Lipinski definition) is 2. The van der Waals surface area contributed by atoms with Crippen LogP contribution >= 0.6 is 0 Å². The number of benzene rings is 1. The molecule has 6 nitrogen and oxygen atoms in total. The quantitative estimate of drug-likeness (QED) is 0.777. The molecule has 2 aliphatic heterocycles. The van der Waals surface area contributed by atoms with Crippen LogP contribution in [0.2, 0.25) is 0 Å². The average Bonchev–Trinajstić information content (AvgIpc) is 3.42. The van der Waals surface area contributed by atoms with Crippen molar-refractivity contribution in [1.29, 1.82) is 0 Å². The molecule has 1 aromatic heterocycles. The Morgan fingerprint density at radius 2 is 2.10 bits per heavy atom. The van der Waals surface area contributed by atoms with Crippen LogP contribution in [0.3, 0.4) is 0 Å². The Bertz CT molecular complexity index is 1020. The van der Waals surface area contributed by atoms with Gasteiger partial charge in [-0.25, -0.2) is 0 Å². The van der Waals surface area contributed by atoms with E-state index in [9.17, 15) is 9.59 Å². The number of aromatic nitrogens is 1. The summed E-state index contributed by atoms with van der Waals surface area (Å²) in [5.41, 5.74) is 2.58. The lowest BCUT2D eigenvalue weighted by Crippen LogP contribution is -2.37. The van der Waals surface area contributed by atoms with Crippen LogP contribution in [-0.4, -0.2) is 53.5 Å². The van der Waals surface area contributed by atoms with Gasteiger partial charge < -0.3 is 19.9 Å². The summed E-state index contributed by atoms with van der Waals surface area (Å²) in [6.07, 6.45) is 7.17. The minimum Gasteiger partial charge on any atom is -0.376 e. The molecule has 31 heavy (non-hydrogen) atoms. The highest BCUT2D eigenvalue weighted by Crippen LogP contribution is 2.52. The molecular weight excluding hydrogens is 390 g/mol. The largest absolute Gasteiger partial charge is 0.376 e. The van der Waals surface area contributed by atoms with E-state index in [-0.39, 0.29) is 28.7 Å². The topological polar surface area (TPSA) is 74.4 Å². The second kappa shape index (κ2) is 7.37. The van der Waals surface area contributed by atoms with Gasteiger partial charge in [0, 0.05) is 48.4 Å². The number of aromatic amines is 1. The monoisotopic (exact) mass is 423 g/mol. The predicted molar refractivity (Wildman–Crippen MR) is 120 cm³/mol. The number of H-pyrrole nitrogens is 1. The van der Waals surface area contributed by atoms with Crippen LogP contribution in [0.15, 0.2) is 24.4 Å². The average molecular weight is 424 g/mol. The van der Waals surface area contributed by atoms with Gasteiger partial charge in [-0.1, -0.05) is 20.8 Å². The van der Waals surface area contributed by atoms with Gasteiger partial charge in [-0.15, -0.1) is 0 Å². The van der Waals surface area contributed by atoms with E-state index < -0.39 is 0 Å². The normalized spacial score (nSPS) is 29.5. The Morgan fingerprint density at radius 3 is 2.87 bits per heavy atom. The molecule has 3 fully saturated rings. The molecule has 2 aromatic rings. The Hall–Kier alpha value is -2.34. The number of carbonyl (C=O) groups is 2. The number of nitrogens with one attached hydrogen (secondary N) is 2. The van der Waals surface area contributed by atoms with Crippen LogP contribution in [-0.2, 0) is 4.74 Å². The van der Waals surface area contributed by atoms with Crippen LogP contribution in [0.25, 0.3) is 10.9 Å². The number of fused-ring (bicyclic) bond motifs is 3. The van der Waals surface area contributed by atoms with E-state index in [4.69, 9.17) is 4.74 Å². The number of rotatable bonds is 4. The lowest BCUT2D eigenvalue weighted by molar-refractivity contribution is 0.0708. The number of hydrogen-bond acceptors (Lipinski definition) is 3.